The summed E-state index contributed by atoms with van der Waals surface area (Å²) in [5.41, 5.74) is 2.82. The Kier molecular flexibility index (Phi) is 5.75. The first-order chi connectivity index (χ1) is 15.5. The minimum atomic E-state index is 0.147. The zero-order chi connectivity index (χ0) is 22.1. The maximum Gasteiger partial charge on any atom is 0.0775 e. The highest BCUT2D eigenvalue weighted by molar-refractivity contribution is 5.86. The van der Waals surface area contributed by atoms with Gasteiger partial charge in [-0.3, -0.25) is 4.90 Å². The molecule has 0 aliphatic carbocycles. The van der Waals surface area contributed by atoms with Gasteiger partial charge in [0.2, 0.25) is 0 Å². The molecule has 0 bridgehead atoms. The van der Waals surface area contributed by atoms with Gasteiger partial charge in [0.25, 0.3) is 0 Å². The van der Waals surface area contributed by atoms with E-state index < -0.39 is 0 Å². The summed E-state index contributed by atoms with van der Waals surface area (Å²) in [5.74, 6) is 0.403. The highest BCUT2D eigenvalue weighted by Crippen LogP contribution is 2.37. The van der Waals surface area contributed by atoms with Crippen LogP contribution in [0.25, 0.3) is 21.5 Å². The van der Waals surface area contributed by atoms with Crippen LogP contribution in [0.15, 0.2) is 84.9 Å². The molecular formula is C30H33NO. The van der Waals surface area contributed by atoms with Crippen molar-refractivity contribution in [3.8, 4) is 0 Å². The van der Waals surface area contributed by atoms with Gasteiger partial charge in [0.1, 0.15) is 0 Å². The van der Waals surface area contributed by atoms with E-state index in [-0.39, 0.29) is 11.6 Å². The van der Waals surface area contributed by atoms with Crippen LogP contribution >= 0.6 is 0 Å². The van der Waals surface area contributed by atoms with Crippen LogP contribution in [-0.2, 0) is 11.3 Å². The molecule has 0 aromatic heterocycles. The number of hydrogen-bond donors (Lipinski definition) is 0. The van der Waals surface area contributed by atoms with Crippen LogP contribution in [0.5, 0.6) is 0 Å². The third-order valence-electron chi connectivity index (χ3n) is 7.01. The lowest BCUT2D eigenvalue weighted by Gasteiger charge is -2.45. The number of hydrogen-bond acceptors (Lipinski definition) is 2. The van der Waals surface area contributed by atoms with Gasteiger partial charge in [-0.1, -0.05) is 78.9 Å². The average molecular weight is 424 g/mol. The Labute approximate surface area is 191 Å². The van der Waals surface area contributed by atoms with Crippen molar-refractivity contribution < 1.29 is 4.74 Å². The lowest BCUT2D eigenvalue weighted by molar-refractivity contribution is -0.0463. The molecule has 2 heteroatoms. The monoisotopic (exact) mass is 423 g/mol. The van der Waals surface area contributed by atoms with Crippen molar-refractivity contribution in [1.82, 2.24) is 4.90 Å². The van der Waals surface area contributed by atoms with Crippen LogP contribution in [0.3, 0.4) is 0 Å². The standard InChI is InChI=1S/C30H33NO/c1-30(2,3)31-18-17-28(27-14-8-12-24-10-6-7-13-26(24)27)29(20-31)32-21-22-15-16-23-9-4-5-11-25(23)19-22/h4-16,19,28-29H,17-18,20-21H2,1-3H3. The maximum absolute atomic E-state index is 6.72. The summed E-state index contributed by atoms with van der Waals surface area (Å²) in [5, 5.41) is 5.24. The number of fused-ring (bicyclic) bond motifs is 2. The first-order valence-corrected chi connectivity index (χ1v) is 11.8. The molecule has 1 fully saturated rings. The zero-order valence-corrected chi connectivity index (χ0v) is 19.4. The zero-order valence-electron chi connectivity index (χ0n) is 19.4. The largest absolute Gasteiger partial charge is 0.372 e. The predicted octanol–water partition coefficient (Wildman–Crippen LogP) is 7.17. The van der Waals surface area contributed by atoms with Crippen LogP contribution in [0.1, 0.15) is 44.2 Å². The lowest BCUT2D eigenvalue weighted by Crippen LogP contribution is -2.52. The number of piperidine rings is 1. The van der Waals surface area contributed by atoms with Crippen LogP contribution in [0.2, 0.25) is 0 Å². The van der Waals surface area contributed by atoms with Gasteiger partial charge in [-0.15, -0.1) is 0 Å². The second-order valence-electron chi connectivity index (χ2n) is 10.1. The van der Waals surface area contributed by atoms with Crippen molar-refractivity contribution in [2.75, 3.05) is 13.1 Å². The molecule has 0 amide bonds. The normalized spacial score (nSPS) is 20.1. The molecule has 0 radical (unpaired) electrons. The average Bonchev–Trinajstić information content (AvgIpc) is 2.81. The van der Waals surface area contributed by atoms with E-state index in [1.165, 1.54) is 32.7 Å². The van der Waals surface area contributed by atoms with E-state index in [1.54, 1.807) is 0 Å². The highest BCUT2D eigenvalue weighted by atomic mass is 16.5. The molecule has 4 aromatic rings. The highest BCUT2D eigenvalue weighted by Gasteiger charge is 2.35. The summed E-state index contributed by atoms with van der Waals surface area (Å²) in [6, 6.07) is 30.7. The van der Waals surface area contributed by atoms with Crippen LogP contribution in [0, 0.1) is 0 Å². The number of likely N-dealkylation sites (tertiary alicyclic amines) is 1. The van der Waals surface area contributed by atoms with E-state index >= 15 is 0 Å². The van der Waals surface area contributed by atoms with Crippen LogP contribution < -0.4 is 0 Å². The Morgan fingerprint density at radius 1 is 0.812 bits per heavy atom. The van der Waals surface area contributed by atoms with Crippen molar-refractivity contribution >= 4 is 21.5 Å². The fraction of sp³-hybridized carbons (Fsp3) is 0.333. The Balaban J connectivity index is 1.44. The third-order valence-corrected chi connectivity index (χ3v) is 7.01. The van der Waals surface area contributed by atoms with Gasteiger partial charge < -0.3 is 4.74 Å². The van der Waals surface area contributed by atoms with Gasteiger partial charge in [-0.2, -0.15) is 0 Å². The molecule has 5 rings (SSSR count). The molecule has 0 saturated carbocycles. The number of ether oxygens (including phenoxy) is 1. The smallest absolute Gasteiger partial charge is 0.0775 e. The van der Waals surface area contributed by atoms with E-state index in [0.29, 0.717) is 12.5 Å². The van der Waals surface area contributed by atoms with Crippen molar-refractivity contribution in [1.29, 1.82) is 0 Å². The third kappa shape index (κ3) is 4.30. The molecule has 2 unspecified atom stereocenters. The first-order valence-electron chi connectivity index (χ1n) is 11.8. The number of nitrogens with zero attached hydrogens (tertiary/aromatic N) is 1. The van der Waals surface area contributed by atoms with Gasteiger partial charge in [-0.25, -0.2) is 0 Å². The molecule has 2 nitrogen and oxygen atoms in total. The summed E-state index contributed by atoms with van der Waals surface area (Å²) >= 11 is 0. The fourth-order valence-corrected chi connectivity index (χ4v) is 5.16. The molecule has 32 heavy (non-hydrogen) atoms. The van der Waals surface area contributed by atoms with Crippen molar-refractivity contribution in [3.05, 3.63) is 96.1 Å². The summed E-state index contributed by atoms with van der Waals surface area (Å²) in [6.45, 7) is 9.65. The van der Waals surface area contributed by atoms with Gasteiger partial charge in [0.05, 0.1) is 12.7 Å². The predicted molar refractivity (Wildman–Crippen MR) is 135 cm³/mol. The molecular weight excluding hydrogens is 390 g/mol. The molecule has 1 heterocycles. The van der Waals surface area contributed by atoms with Crippen molar-refractivity contribution in [2.45, 2.75) is 51.4 Å². The molecule has 1 aliphatic rings. The lowest BCUT2D eigenvalue weighted by atomic mass is 9.83. The topological polar surface area (TPSA) is 12.5 Å². The van der Waals surface area contributed by atoms with Gasteiger partial charge in [-0.05, 0) is 72.5 Å². The molecule has 164 valence electrons. The van der Waals surface area contributed by atoms with Crippen LogP contribution in [-0.4, -0.2) is 29.6 Å². The van der Waals surface area contributed by atoms with Gasteiger partial charge in [0, 0.05) is 18.0 Å². The molecule has 1 aliphatic heterocycles. The molecule has 0 N–H and O–H groups in total. The SMILES string of the molecule is CC(C)(C)N1CCC(c2cccc3ccccc23)C(OCc2ccc3ccccc3c2)C1. The second kappa shape index (κ2) is 8.69. The van der Waals surface area contributed by atoms with Crippen LogP contribution in [0.4, 0.5) is 0 Å². The maximum atomic E-state index is 6.72. The minimum Gasteiger partial charge on any atom is -0.372 e. The molecule has 2 atom stereocenters. The van der Waals surface area contributed by atoms with E-state index in [4.69, 9.17) is 4.74 Å². The summed E-state index contributed by atoms with van der Waals surface area (Å²) in [6.07, 6.45) is 1.29. The quantitative estimate of drug-likeness (QED) is 0.345. The Morgan fingerprint density at radius 2 is 1.53 bits per heavy atom. The van der Waals surface area contributed by atoms with Gasteiger partial charge >= 0.3 is 0 Å². The van der Waals surface area contributed by atoms with Crippen molar-refractivity contribution in [2.24, 2.45) is 0 Å². The van der Waals surface area contributed by atoms with Gasteiger partial charge in [0.15, 0.2) is 0 Å². The number of benzene rings is 4. The van der Waals surface area contributed by atoms with E-state index in [1.807, 2.05) is 0 Å². The summed E-state index contributed by atoms with van der Waals surface area (Å²) in [7, 11) is 0. The fourth-order valence-electron chi connectivity index (χ4n) is 5.16. The Morgan fingerprint density at radius 3 is 2.34 bits per heavy atom. The molecule has 4 aromatic carbocycles. The van der Waals surface area contributed by atoms with E-state index in [2.05, 4.69) is 111 Å². The summed E-state index contributed by atoms with van der Waals surface area (Å²) < 4.78 is 6.72. The summed E-state index contributed by atoms with van der Waals surface area (Å²) in [4.78, 5) is 2.58. The van der Waals surface area contributed by atoms with E-state index in [9.17, 15) is 0 Å². The Bertz CT molecular complexity index is 1220. The number of rotatable bonds is 4. The minimum absolute atomic E-state index is 0.147. The molecule has 0 spiro atoms. The second-order valence-corrected chi connectivity index (χ2v) is 10.1. The Hall–Kier alpha value is -2.68. The molecule has 1 saturated heterocycles. The van der Waals surface area contributed by atoms with Crippen molar-refractivity contribution in [3.63, 3.8) is 0 Å². The van der Waals surface area contributed by atoms with E-state index in [0.717, 1.165) is 19.5 Å². The first kappa shape index (κ1) is 21.2.